The highest BCUT2D eigenvalue weighted by Crippen LogP contribution is 2.28. The molecule has 154 valence electrons. The van der Waals surface area contributed by atoms with E-state index < -0.39 is 27.9 Å². The molecule has 1 amide bonds. The van der Waals surface area contributed by atoms with Gasteiger partial charge in [0.1, 0.15) is 6.04 Å². The van der Waals surface area contributed by atoms with Crippen LogP contribution in [0.2, 0.25) is 5.02 Å². The van der Waals surface area contributed by atoms with E-state index in [4.69, 9.17) is 16.3 Å². The van der Waals surface area contributed by atoms with Gasteiger partial charge >= 0.3 is 5.97 Å². The average Bonchev–Trinajstić information content (AvgIpc) is 3.20. The molecule has 0 aliphatic carbocycles. The van der Waals surface area contributed by atoms with Crippen LogP contribution < -0.4 is 5.32 Å². The molecular weight excluding hydrogens is 416 g/mol. The van der Waals surface area contributed by atoms with E-state index in [0.717, 1.165) is 0 Å². The SMILES string of the molecule is CCOC(=O)c1ccccc1NC(=O)[C@H]1CCCN1S(=O)(=O)c1ccc(Cl)cc1. The number of para-hydroxylation sites is 1. The lowest BCUT2D eigenvalue weighted by atomic mass is 10.1. The van der Waals surface area contributed by atoms with Crippen LogP contribution in [0.1, 0.15) is 30.1 Å². The van der Waals surface area contributed by atoms with Gasteiger partial charge in [-0.25, -0.2) is 13.2 Å². The molecule has 1 N–H and O–H groups in total. The number of carbonyl (C=O) groups is 2. The largest absolute Gasteiger partial charge is 0.462 e. The van der Waals surface area contributed by atoms with Gasteiger partial charge in [0.25, 0.3) is 0 Å². The molecule has 7 nitrogen and oxygen atoms in total. The Morgan fingerprint density at radius 2 is 1.86 bits per heavy atom. The minimum Gasteiger partial charge on any atom is -0.462 e. The highest BCUT2D eigenvalue weighted by atomic mass is 35.5. The maximum Gasteiger partial charge on any atom is 0.340 e. The minimum atomic E-state index is -3.85. The Kier molecular flexibility index (Phi) is 6.56. The molecule has 0 aromatic heterocycles. The Bertz CT molecular complexity index is 1010. The van der Waals surface area contributed by atoms with Gasteiger partial charge in [0.15, 0.2) is 0 Å². The molecule has 1 saturated heterocycles. The fourth-order valence-electron chi connectivity index (χ4n) is 3.23. The second kappa shape index (κ2) is 8.94. The first-order valence-electron chi connectivity index (χ1n) is 9.19. The highest BCUT2D eigenvalue weighted by molar-refractivity contribution is 7.89. The molecule has 0 radical (unpaired) electrons. The van der Waals surface area contributed by atoms with Gasteiger partial charge in [-0.05, 0) is 56.2 Å². The van der Waals surface area contributed by atoms with E-state index in [9.17, 15) is 18.0 Å². The fourth-order valence-corrected chi connectivity index (χ4v) is 5.01. The van der Waals surface area contributed by atoms with Crippen LogP contribution in [0.4, 0.5) is 5.69 Å². The molecule has 2 aromatic rings. The number of hydrogen-bond donors (Lipinski definition) is 1. The molecule has 1 fully saturated rings. The van der Waals surface area contributed by atoms with Crippen LogP contribution in [0.3, 0.4) is 0 Å². The van der Waals surface area contributed by atoms with E-state index in [2.05, 4.69) is 5.32 Å². The molecule has 9 heteroatoms. The van der Waals surface area contributed by atoms with Crippen molar-refractivity contribution >= 4 is 39.2 Å². The summed E-state index contributed by atoms with van der Waals surface area (Å²) in [5.74, 6) is -1.04. The fraction of sp³-hybridized carbons (Fsp3) is 0.300. The highest BCUT2D eigenvalue weighted by Gasteiger charge is 2.39. The second-order valence-corrected chi connectivity index (χ2v) is 8.81. The lowest BCUT2D eigenvalue weighted by Gasteiger charge is -2.23. The van der Waals surface area contributed by atoms with Crippen molar-refractivity contribution in [2.75, 3.05) is 18.5 Å². The van der Waals surface area contributed by atoms with Crippen LogP contribution in [0, 0.1) is 0 Å². The number of anilines is 1. The van der Waals surface area contributed by atoms with Crippen LogP contribution in [0.15, 0.2) is 53.4 Å². The predicted octanol–water partition coefficient (Wildman–Crippen LogP) is 3.31. The summed E-state index contributed by atoms with van der Waals surface area (Å²) in [5.41, 5.74) is 0.500. The number of amides is 1. The first-order valence-corrected chi connectivity index (χ1v) is 11.0. The topological polar surface area (TPSA) is 92.8 Å². The normalized spacial score (nSPS) is 17.1. The van der Waals surface area contributed by atoms with E-state index >= 15 is 0 Å². The van der Waals surface area contributed by atoms with E-state index in [0.29, 0.717) is 17.9 Å². The summed E-state index contributed by atoms with van der Waals surface area (Å²) in [5, 5.41) is 3.11. The molecule has 1 aliphatic heterocycles. The van der Waals surface area contributed by atoms with Gasteiger partial charge in [-0.3, -0.25) is 4.79 Å². The molecule has 1 aliphatic rings. The van der Waals surface area contributed by atoms with Crippen LogP contribution in [0.5, 0.6) is 0 Å². The van der Waals surface area contributed by atoms with Crippen molar-refractivity contribution in [2.45, 2.75) is 30.7 Å². The molecule has 29 heavy (non-hydrogen) atoms. The van der Waals surface area contributed by atoms with Gasteiger partial charge in [0.2, 0.25) is 15.9 Å². The van der Waals surface area contributed by atoms with Crippen molar-refractivity contribution in [1.82, 2.24) is 4.31 Å². The number of nitrogens with one attached hydrogen (secondary N) is 1. The third kappa shape index (κ3) is 4.60. The molecule has 1 atom stereocenters. The Morgan fingerprint density at radius 3 is 2.55 bits per heavy atom. The maximum absolute atomic E-state index is 13.0. The Labute approximate surface area is 174 Å². The third-order valence-corrected chi connectivity index (χ3v) is 6.78. The molecule has 3 rings (SSSR count). The van der Waals surface area contributed by atoms with Crippen molar-refractivity contribution in [3.63, 3.8) is 0 Å². The summed E-state index contributed by atoms with van der Waals surface area (Å²) in [7, 11) is -3.85. The van der Waals surface area contributed by atoms with E-state index in [1.807, 2.05) is 0 Å². The van der Waals surface area contributed by atoms with Crippen LogP contribution in [-0.2, 0) is 19.6 Å². The molecule has 0 bridgehead atoms. The summed E-state index contributed by atoms with van der Waals surface area (Å²) in [6.45, 7) is 2.14. The van der Waals surface area contributed by atoms with Gasteiger partial charge in [0.05, 0.1) is 22.8 Å². The van der Waals surface area contributed by atoms with Gasteiger partial charge < -0.3 is 10.1 Å². The monoisotopic (exact) mass is 436 g/mol. The van der Waals surface area contributed by atoms with Crippen molar-refractivity contribution in [1.29, 1.82) is 0 Å². The number of carbonyl (C=O) groups excluding carboxylic acids is 2. The second-order valence-electron chi connectivity index (χ2n) is 6.48. The molecule has 2 aromatic carbocycles. The van der Waals surface area contributed by atoms with Crippen molar-refractivity contribution in [2.24, 2.45) is 0 Å². The summed E-state index contributed by atoms with van der Waals surface area (Å²) < 4.78 is 32.2. The molecule has 0 unspecified atom stereocenters. The Morgan fingerprint density at radius 1 is 1.17 bits per heavy atom. The first-order chi connectivity index (χ1) is 13.8. The number of esters is 1. The third-order valence-electron chi connectivity index (χ3n) is 4.61. The first kappa shape index (κ1) is 21.3. The molecular formula is C20H21ClN2O5S. The number of nitrogens with zero attached hydrogens (tertiary/aromatic N) is 1. The average molecular weight is 437 g/mol. The van der Waals surface area contributed by atoms with E-state index in [1.54, 1.807) is 31.2 Å². The smallest absolute Gasteiger partial charge is 0.340 e. The quantitative estimate of drug-likeness (QED) is 0.701. The zero-order chi connectivity index (χ0) is 21.0. The van der Waals surface area contributed by atoms with Crippen molar-refractivity contribution in [3.05, 3.63) is 59.1 Å². The number of sulfonamides is 1. The molecule has 0 spiro atoms. The Hall–Kier alpha value is -2.42. The molecule has 0 saturated carbocycles. The number of rotatable bonds is 6. The lowest BCUT2D eigenvalue weighted by molar-refractivity contribution is -0.119. The Balaban J connectivity index is 1.83. The number of hydrogen-bond acceptors (Lipinski definition) is 5. The predicted molar refractivity (Wildman–Crippen MR) is 109 cm³/mol. The van der Waals surface area contributed by atoms with Gasteiger partial charge in [-0.1, -0.05) is 23.7 Å². The summed E-state index contributed by atoms with van der Waals surface area (Å²) >= 11 is 5.84. The molecule has 1 heterocycles. The maximum atomic E-state index is 13.0. The number of benzene rings is 2. The summed E-state index contributed by atoms with van der Waals surface area (Å²) in [6.07, 6.45) is 0.949. The van der Waals surface area contributed by atoms with Crippen LogP contribution in [0.25, 0.3) is 0 Å². The zero-order valence-electron chi connectivity index (χ0n) is 15.8. The van der Waals surface area contributed by atoms with Gasteiger partial charge in [-0.2, -0.15) is 4.31 Å². The zero-order valence-corrected chi connectivity index (χ0v) is 17.4. The van der Waals surface area contributed by atoms with E-state index in [-0.39, 0.29) is 29.3 Å². The van der Waals surface area contributed by atoms with Crippen LogP contribution >= 0.6 is 11.6 Å². The lowest BCUT2D eigenvalue weighted by Crippen LogP contribution is -2.43. The van der Waals surface area contributed by atoms with Gasteiger partial charge in [0, 0.05) is 11.6 Å². The van der Waals surface area contributed by atoms with Crippen molar-refractivity contribution < 1.29 is 22.7 Å². The van der Waals surface area contributed by atoms with Gasteiger partial charge in [-0.15, -0.1) is 0 Å². The summed E-state index contributed by atoms with van der Waals surface area (Å²) in [4.78, 5) is 25.1. The number of halogens is 1. The van der Waals surface area contributed by atoms with E-state index in [1.165, 1.54) is 28.6 Å². The number of ether oxygens (including phenoxy) is 1. The summed E-state index contributed by atoms with van der Waals surface area (Å²) in [6, 6.07) is 11.4. The minimum absolute atomic E-state index is 0.0773. The standard InChI is InChI=1S/C20H21ClN2O5S/c1-2-28-20(25)16-6-3-4-7-17(16)22-19(24)18-8-5-13-23(18)29(26,27)15-11-9-14(21)10-12-15/h3-4,6-7,9-12,18H,2,5,8,13H2,1H3,(H,22,24)/t18-/m1/s1. The van der Waals surface area contributed by atoms with Crippen molar-refractivity contribution in [3.8, 4) is 0 Å². The van der Waals surface area contributed by atoms with Crippen LogP contribution in [-0.4, -0.2) is 43.8 Å².